The Morgan fingerprint density at radius 3 is 2.62 bits per heavy atom. The van der Waals surface area contributed by atoms with Crippen LogP contribution >= 0.6 is 0 Å². The zero-order valence-corrected chi connectivity index (χ0v) is 11.8. The molecule has 0 spiro atoms. The van der Waals surface area contributed by atoms with Gasteiger partial charge in [-0.3, -0.25) is 9.89 Å². The summed E-state index contributed by atoms with van der Waals surface area (Å²) in [5.41, 5.74) is 4.96. The number of aliphatic carboxylic acids is 1. The number of primary amides is 1. The molecule has 0 saturated carbocycles. The Labute approximate surface area is 120 Å². The van der Waals surface area contributed by atoms with Gasteiger partial charge in [-0.25, -0.2) is 14.6 Å². The molecule has 0 unspecified atom stereocenters. The third-order valence-electron chi connectivity index (χ3n) is 2.64. The van der Waals surface area contributed by atoms with Gasteiger partial charge >= 0.3 is 12.0 Å². The topological polar surface area (TPSA) is 154 Å². The number of hydrogen-bond acceptors (Lipinski definition) is 5. The third kappa shape index (κ3) is 5.47. The van der Waals surface area contributed by atoms with Crippen LogP contribution in [0.5, 0.6) is 0 Å². The van der Waals surface area contributed by atoms with Gasteiger partial charge in [0.25, 0.3) is 0 Å². The molecule has 3 amide bonds. The first-order valence-electron chi connectivity index (χ1n) is 6.20. The molecule has 1 aromatic heterocycles. The predicted octanol–water partition coefficient (Wildman–Crippen LogP) is -1.03. The number of carbonyl (C=O) groups is 3. The Hall–Kier alpha value is -2.65. The molecule has 0 aliphatic carbocycles. The Morgan fingerprint density at radius 2 is 2.14 bits per heavy atom. The molecule has 0 radical (unpaired) electrons. The molecule has 0 aliphatic heterocycles. The fourth-order valence-corrected chi connectivity index (χ4v) is 1.55. The number of carboxylic acids is 1. The summed E-state index contributed by atoms with van der Waals surface area (Å²) < 4.78 is 0. The van der Waals surface area contributed by atoms with Gasteiger partial charge in [-0.05, 0) is 13.3 Å². The molecule has 1 heterocycles. The van der Waals surface area contributed by atoms with Crippen LogP contribution in [0, 0.1) is 6.92 Å². The van der Waals surface area contributed by atoms with Crippen LogP contribution in [0.1, 0.15) is 24.5 Å². The van der Waals surface area contributed by atoms with Crippen LogP contribution in [0.25, 0.3) is 0 Å². The number of nitrogens with two attached hydrogens (primary N) is 1. The van der Waals surface area contributed by atoms with Crippen molar-refractivity contribution < 1.29 is 19.5 Å². The first kappa shape index (κ1) is 16.4. The van der Waals surface area contributed by atoms with Gasteiger partial charge in [0.05, 0.1) is 6.54 Å². The highest BCUT2D eigenvalue weighted by Crippen LogP contribution is 2.01. The highest BCUT2D eigenvalue weighted by Gasteiger charge is 2.22. The van der Waals surface area contributed by atoms with E-state index in [-0.39, 0.29) is 19.4 Å². The van der Waals surface area contributed by atoms with Crippen LogP contribution in [0.4, 0.5) is 4.79 Å². The van der Waals surface area contributed by atoms with E-state index in [4.69, 9.17) is 10.8 Å². The quantitative estimate of drug-likeness (QED) is 0.504. The Balaban J connectivity index is 2.55. The first-order chi connectivity index (χ1) is 9.79. The van der Waals surface area contributed by atoms with E-state index in [0.717, 1.165) is 0 Å². The summed E-state index contributed by atoms with van der Waals surface area (Å²) in [6, 6.07) is -1.78. The Morgan fingerprint density at radius 1 is 1.48 bits per heavy atom. The number of aryl methyl sites for hydroxylation is 1. The number of amides is 3. The average Bonchev–Trinajstić information content (AvgIpc) is 2.78. The summed E-state index contributed by atoms with van der Waals surface area (Å²) in [6.07, 6.45) is -0.189. The normalized spacial score (nSPS) is 11.7. The standard InChI is InChI=1S/C11H18N6O4/c1-6-13-9(16-15-6)5-17(2)11(21)14-7(10(19)20)3-4-8(12)18/h7H,3-5H2,1-2H3,(H2,12,18)(H,14,21)(H,19,20)(H,13,15,16)/t7-/m1/s1. The maximum absolute atomic E-state index is 11.9. The Kier molecular flexibility index (Phi) is 5.64. The smallest absolute Gasteiger partial charge is 0.326 e. The molecule has 1 aromatic rings. The summed E-state index contributed by atoms with van der Waals surface area (Å²) >= 11 is 0. The summed E-state index contributed by atoms with van der Waals surface area (Å²) in [4.78, 5) is 38.9. The van der Waals surface area contributed by atoms with Crippen LogP contribution in [0.3, 0.4) is 0 Å². The van der Waals surface area contributed by atoms with Crippen molar-refractivity contribution in [3.8, 4) is 0 Å². The molecular weight excluding hydrogens is 280 g/mol. The number of urea groups is 1. The van der Waals surface area contributed by atoms with Gasteiger partial charge in [0, 0.05) is 13.5 Å². The molecular formula is C11H18N6O4. The lowest BCUT2D eigenvalue weighted by molar-refractivity contribution is -0.139. The Bertz CT molecular complexity index is 529. The minimum Gasteiger partial charge on any atom is -0.480 e. The molecule has 5 N–H and O–H groups in total. The second kappa shape index (κ2) is 7.22. The summed E-state index contributed by atoms with van der Waals surface area (Å²) in [7, 11) is 1.48. The minimum absolute atomic E-state index is 0.0655. The first-order valence-corrected chi connectivity index (χ1v) is 6.20. The summed E-state index contributed by atoms with van der Waals surface area (Å²) in [5.74, 6) is -0.829. The van der Waals surface area contributed by atoms with Crippen molar-refractivity contribution in [3.63, 3.8) is 0 Å². The second-order valence-electron chi connectivity index (χ2n) is 4.54. The number of aromatic amines is 1. The zero-order chi connectivity index (χ0) is 16.0. The number of nitrogens with zero attached hydrogens (tertiary/aromatic N) is 3. The van der Waals surface area contributed by atoms with Gasteiger partial charge in [-0.2, -0.15) is 5.10 Å². The second-order valence-corrected chi connectivity index (χ2v) is 4.54. The largest absolute Gasteiger partial charge is 0.480 e. The number of H-pyrrole nitrogens is 1. The van der Waals surface area contributed by atoms with E-state index in [0.29, 0.717) is 11.6 Å². The molecule has 116 valence electrons. The summed E-state index contributed by atoms with van der Waals surface area (Å²) in [5, 5.41) is 17.8. The number of carbonyl (C=O) groups excluding carboxylic acids is 2. The highest BCUT2D eigenvalue weighted by atomic mass is 16.4. The molecule has 10 nitrogen and oxygen atoms in total. The minimum atomic E-state index is -1.23. The van der Waals surface area contributed by atoms with Crippen molar-refractivity contribution in [1.82, 2.24) is 25.4 Å². The molecule has 0 aromatic carbocycles. The van der Waals surface area contributed by atoms with Crippen molar-refractivity contribution in [2.45, 2.75) is 32.4 Å². The molecule has 0 bridgehead atoms. The molecule has 1 rings (SSSR count). The highest BCUT2D eigenvalue weighted by molar-refractivity contribution is 5.83. The van der Waals surface area contributed by atoms with E-state index in [1.54, 1.807) is 6.92 Å². The van der Waals surface area contributed by atoms with Gasteiger partial charge in [0.15, 0.2) is 5.82 Å². The predicted molar refractivity (Wildman–Crippen MR) is 71.0 cm³/mol. The van der Waals surface area contributed by atoms with Crippen LogP contribution in [0.15, 0.2) is 0 Å². The van der Waals surface area contributed by atoms with E-state index < -0.39 is 23.9 Å². The van der Waals surface area contributed by atoms with Crippen LogP contribution < -0.4 is 11.1 Å². The molecule has 0 saturated heterocycles. The third-order valence-corrected chi connectivity index (χ3v) is 2.64. The van der Waals surface area contributed by atoms with Crippen molar-refractivity contribution >= 4 is 17.9 Å². The van der Waals surface area contributed by atoms with E-state index in [9.17, 15) is 14.4 Å². The number of carboxylic acid groups (broad SMARTS) is 1. The monoisotopic (exact) mass is 298 g/mol. The van der Waals surface area contributed by atoms with Crippen molar-refractivity contribution in [2.75, 3.05) is 7.05 Å². The van der Waals surface area contributed by atoms with E-state index in [2.05, 4.69) is 20.5 Å². The van der Waals surface area contributed by atoms with Crippen molar-refractivity contribution in [3.05, 3.63) is 11.6 Å². The average molecular weight is 298 g/mol. The molecule has 0 fully saturated rings. The summed E-state index contributed by atoms with van der Waals surface area (Å²) in [6.45, 7) is 1.85. The lowest BCUT2D eigenvalue weighted by Crippen LogP contribution is -2.46. The van der Waals surface area contributed by atoms with Gasteiger partial charge in [0.2, 0.25) is 5.91 Å². The van der Waals surface area contributed by atoms with E-state index >= 15 is 0 Å². The molecule has 10 heteroatoms. The molecule has 21 heavy (non-hydrogen) atoms. The van der Waals surface area contributed by atoms with Crippen molar-refractivity contribution in [2.24, 2.45) is 5.73 Å². The number of rotatable bonds is 7. The van der Waals surface area contributed by atoms with Gasteiger partial charge in [-0.1, -0.05) is 0 Å². The fourth-order valence-electron chi connectivity index (χ4n) is 1.55. The zero-order valence-electron chi connectivity index (χ0n) is 11.8. The maximum atomic E-state index is 11.9. The number of nitrogens with one attached hydrogen (secondary N) is 2. The van der Waals surface area contributed by atoms with Gasteiger partial charge in [0.1, 0.15) is 11.9 Å². The van der Waals surface area contributed by atoms with Crippen molar-refractivity contribution in [1.29, 1.82) is 0 Å². The lowest BCUT2D eigenvalue weighted by Gasteiger charge is -2.20. The SMILES string of the molecule is Cc1nc(CN(C)C(=O)N[C@H](CCC(N)=O)C(=O)O)n[nH]1. The maximum Gasteiger partial charge on any atom is 0.326 e. The van der Waals surface area contributed by atoms with Crippen LogP contribution in [-0.4, -0.2) is 56.2 Å². The number of hydrogen-bond donors (Lipinski definition) is 4. The molecule has 0 aliphatic rings. The number of aromatic nitrogens is 3. The van der Waals surface area contributed by atoms with Crippen LogP contribution in [0.2, 0.25) is 0 Å². The van der Waals surface area contributed by atoms with E-state index in [1.165, 1.54) is 11.9 Å². The van der Waals surface area contributed by atoms with E-state index in [1.807, 2.05) is 0 Å². The van der Waals surface area contributed by atoms with Gasteiger partial charge in [-0.15, -0.1) is 0 Å². The fraction of sp³-hybridized carbons (Fsp3) is 0.545. The molecule has 1 atom stereocenters. The van der Waals surface area contributed by atoms with Gasteiger partial charge < -0.3 is 21.1 Å². The van der Waals surface area contributed by atoms with Crippen LogP contribution in [-0.2, 0) is 16.1 Å². The lowest BCUT2D eigenvalue weighted by atomic mass is 10.1.